The van der Waals surface area contributed by atoms with Crippen LogP contribution in [0.2, 0.25) is 0 Å². The highest BCUT2D eigenvalue weighted by atomic mass is 32.2. The van der Waals surface area contributed by atoms with E-state index in [0.717, 1.165) is 40.3 Å². The van der Waals surface area contributed by atoms with Crippen molar-refractivity contribution < 1.29 is 31.6 Å². The number of carboxylic acids is 1. The number of aromatic carboxylic acids is 1. The highest BCUT2D eigenvalue weighted by Crippen LogP contribution is 2.38. The molecule has 0 radical (unpaired) electrons. The molecule has 0 amide bonds. The summed E-state index contributed by atoms with van der Waals surface area (Å²) in [7, 11) is -4.67. The number of carboxylic acid groups (broad SMARTS) is 1. The van der Waals surface area contributed by atoms with E-state index in [1.165, 1.54) is 12.1 Å². The maximum absolute atomic E-state index is 12.5. The molecule has 0 saturated carbocycles. The lowest BCUT2D eigenvalue weighted by atomic mass is 9.84. The Labute approximate surface area is 263 Å². The summed E-state index contributed by atoms with van der Waals surface area (Å²) >= 11 is -2.65. The third-order valence-corrected chi connectivity index (χ3v) is 9.05. The summed E-state index contributed by atoms with van der Waals surface area (Å²) in [4.78, 5) is 11.7. The monoisotopic (exact) mass is 642 g/mol. The van der Waals surface area contributed by atoms with Crippen molar-refractivity contribution in [3.63, 3.8) is 0 Å². The van der Waals surface area contributed by atoms with Crippen molar-refractivity contribution >= 4 is 49.9 Å². The maximum Gasteiger partial charge on any atom is 0.337 e. The Morgan fingerprint density at radius 3 is 1.87 bits per heavy atom. The quantitative estimate of drug-likeness (QED) is 0.0592. The van der Waals surface area contributed by atoms with Crippen molar-refractivity contribution in [2.45, 2.75) is 29.6 Å². The zero-order chi connectivity index (χ0) is 32.3. The van der Waals surface area contributed by atoms with Gasteiger partial charge in [-0.3, -0.25) is 4.55 Å². The van der Waals surface area contributed by atoms with E-state index in [0.29, 0.717) is 16.8 Å². The van der Waals surface area contributed by atoms with E-state index in [1.807, 2.05) is 86.6 Å². The number of nitrogens with one attached hydrogen (secondary N) is 2. The first kappa shape index (κ1) is 31.6. The van der Waals surface area contributed by atoms with E-state index in [-0.39, 0.29) is 16.0 Å². The molecule has 11 heteroatoms. The summed E-state index contributed by atoms with van der Waals surface area (Å²) < 4.78 is 56.1. The molecule has 2 unspecified atom stereocenters. The number of carbonyl (C=O) groups is 1. The Morgan fingerprint density at radius 2 is 1.31 bits per heavy atom. The van der Waals surface area contributed by atoms with Crippen LogP contribution in [0.4, 0.5) is 22.7 Å². The van der Waals surface area contributed by atoms with Crippen LogP contribution in [0.1, 0.15) is 44.1 Å². The molecule has 45 heavy (non-hydrogen) atoms. The predicted molar refractivity (Wildman–Crippen MR) is 175 cm³/mol. The molecule has 0 spiro atoms. The van der Waals surface area contributed by atoms with Crippen molar-refractivity contribution in [3.8, 4) is 0 Å². The number of anilines is 4. The topological polar surface area (TPSA) is 153 Å². The average Bonchev–Trinajstić information content (AvgIpc) is 3.00. The second-order valence-corrected chi connectivity index (χ2v) is 12.8. The van der Waals surface area contributed by atoms with Crippen molar-refractivity contribution in [2.24, 2.45) is 0 Å². The Balaban J connectivity index is 1.65. The summed E-state index contributed by atoms with van der Waals surface area (Å²) in [6, 6.07) is 30.9. The van der Waals surface area contributed by atoms with Gasteiger partial charge < -0.3 is 20.3 Å². The summed E-state index contributed by atoms with van der Waals surface area (Å²) in [5.41, 5.74) is 6.12. The largest absolute Gasteiger partial charge is 0.478 e. The molecule has 2 atom stereocenters. The molecule has 5 rings (SSSR count). The normalized spacial score (nSPS) is 12.7. The van der Waals surface area contributed by atoms with Crippen molar-refractivity contribution in [1.29, 1.82) is 0 Å². The third-order valence-electron chi connectivity index (χ3n) is 7.47. The van der Waals surface area contributed by atoms with Crippen LogP contribution in [-0.4, -0.2) is 32.8 Å². The van der Waals surface area contributed by atoms with Crippen molar-refractivity contribution in [1.82, 2.24) is 0 Å². The number of hydrogen-bond acceptors (Lipinski definition) is 6. The van der Waals surface area contributed by atoms with Crippen LogP contribution in [0.5, 0.6) is 0 Å². The number of benzene rings is 5. The fourth-order valence-electron chi connectivity index (χ4n) is 5.13. The minimum absolute atomic E-state index is 0.0279. The van der Waals surface area contributed by atoms with Gasteiger partial charge in [0.25, 0.3) is 10.1 Å². The number of hydrogen-bond donors (Lipinski definition) is 5. The zero-order valence-corrected chi connectivity index (χ0v) is 25.9. The number of para-hydroxylation sites is 2. The lowest BCUT2D eigenvalue weighted by molar-refractivity contribution is 0.0697. The Kier molecular flexibility index (Phi) is 9.16. The van der Waals surface area contributed by atoms with E-state index >= 15 is 0 Å². The summed E-state index contributed by atoms with van der Waals surface area (Å²) in [6.45, 7) is 3.88. The van der Waals surface area contributed by atoms with Gasteiger partial charge in [-0.15, -0.1) is 0 Å². The lowest BCUT2D eigenvalue weighted by Crippen LogP contribution is -2.11. The molecule has 9 nitrogen and oxygen atoms in total. The summed E-state index contributed by atoms with van der Waals surface area (Å²) in [5, 5.41) is 16.7. The maximum atomic E-state index is 12.5. The molecule has 5 N–H and O–H groups in total. The van der Waals surface area contributed by atoms with Crippen LogP contribution < -0.4 is 10.6 Å². The lowest BCUT2D eigenvalue weighted by Gasteiger charge is -2.23. The van der Waals surface area contributed by atoms with Gasteiger partial charge >= 0.3 is 5.97 Å². The Bertz CT molecular complexity index is 2030. The first-order chi connectivity index (χ1) is 21.4. The molecule has 0 saturated heterocycles. The standard InChI is InChI=1S/C34H30N2O7S2/c1-21-7-3-5-9-29(21)35-25-14-11-23(12-15-25)33(27-17-16-26(45(41,42)43)20-32(27)44(39)40)24-13-18-31(28(19-24)34(37)38)36-30-10-6-4-8-22(30)2/h3-20,33,35-36H,1-2H3,(H,37,38)(H,39,40)(H,41,42,43). The molecular weight excluding hydrogens is 613 g/mol. The van der Waals surface area contributed by atoms with Gasteiger partial charge in [0.1, 0.15) is 0 Å². The highest BCUT2D eigenvalue weighted by Gasteiger charge is 2.26. The summed E-state index contributed by atoms with van der Waals surface area (Å²) in [5.74, 6) is -1.97. The fraction of sp³-hybridized carbons (Fsp3) is 0.0882. The van der Waals surface area contributed by atoms with Gasteiger partial charge in [-0.2, -0.15) is 8.42 Å². The van der Waals surface area contributed by atoms with E-state index in [4.69, 9.17) is 0 Å². The van der Waals surface area contributed by atoms with Crippen LogP contribution in [0.25, 0.3) is 0 Å². The van der Waals surface area contributed by atoms with E-state index in [1.54, 1.807) is 12.1 Å². The summed E-state index contributed by atoms with van der Waals surface area (Å²) in [6.07, 6.45) is 0. The molecule has 0 aliphatic carbocycles. The first-order valence-corrected chi connectivity index (χ1v) is 16.3. The second-order valence-electron chi connectivity index (χ2n) is 10.5. The molecule has 5 aromatic rings. The van der Waals surface area contributed by atoms with E-state index in [2.05, 4.69) is 10.6 Å². The van der Waals surface area contributed by atoms with Crippen LogP contribution in [0.15, 0.2) is 119 Å². The predicted octanol–water partition coefficient (Wildman–Crippen LogP) is 7.50. The zero-order valence-electron chi connectivity index (χ0n) is 24.3. The number of rotatable bonds is 10. The molecule has 230 valence electrons. The molecule has 0 bridgehead atoms. The average molecular weight is 643 g/mol. The highest BCUT2D eigenvalue weighted by molar-refractivity contribution is 7.86. The van der Waals surface area contributed by atoms with Crippen molar-refractivity contribution in [3.05, 3.63) is 143 Å². The van der Waals surface area contributed by atoms with Gasteiger partial charge in [0.15, 0.2) is 11.1 Å². The molecular formula is C34H30N2O7S2. The van der Waals surface area contributed by atoms with Crippen LogP contribution in [0.3, 0.4) is 0 Å². The fourth-order valence-corrected chi connectivity index (χ4v) is 6.33. The Morgan fingerprint density at radius 1 is 0.733 bits per heavy atom. The van der Waals surface area contributed by atoms with Crippen LogP contribution >= 0.6 is 0 Å². The smallest absolute Gasteiger partial charge is 0.337 e. The molecule has 0 fully saturated rings. The second kappa shape index (κ2) is 13.0. The van der Waals surface area contributed by atoms with Crippen LogP contribution in [-0.2, 0) is 21.2 Å². The van der Waals surface area contributed by atoms with Gasteiger partial charge in [0, 0.05) is 23.0 Å². The Hall–Kier alpha value is -4.81. The van der Waals surface area contributed by atoms with Gasteiger partial charge in [-0.1, -0.05) is 60.7 Å². The number of aryl methyl sites for hydroxylation is 2. The van der Waals surface area contributed by atoms with E-state index in [9.17, 15) is 31.6 Å². The van der Waals surface area contributed by atoms with Crippen LogP contribution in [0, 0.1) is 13.8 Å². The van der Waals surface area contributed by atoms with Gasteiger partial charge in [-0.25, -0.2) is 9.00 Å². The molecule has 0 heterocycles. The first-order valence-electron chi connectivity index (χ1n) is 13.8. The molecule has 0 aliphatic rings. The van der Waals surface area contributed by atoms with Crippen molar-refractivity contribution in [2.75, 3.05) is 10.6 Å². The SMILES string of the molecule is Cc1ccccc1Nc1ccc(C(c2ccc(Nc3ccccc3C)c(C(=O)O)c2)c2ccc(S(=O)(=O)O)cc2S(=O)O)cc1. The van der Waals surface area contributed by atoms with Gasteiger partial charge in [-0.05, 0) is 90.2 Å². The van der Waals surface area contributed by atoms with Gasteiger partial charge in [0.2, 0.25) is 0 Å². The van der Waals surface area contributed by atoms with Gasteiger partial charge in [0.05, 0.1) is 21.0 Å². The molecule has 0 aromatic heterocycles. The van der Waals surface area contributed by atoms with E-state index < -0.39 is 38.0 Å². The third kappa shape index (κ3) is 7.13. The minimum atomic E-state index is -4.67. The molecule has 5 aromatic carbocycles. The molecule has 0 aliphatic heterocycles. The minimum Gasteiger partial charge on any atom is -0.478 e.